The van der Waals surface area contributed by atoms with Crippen molar-refractivity contribution in [1.29, 1.82) is 0 Å². The zero-order chi connectivity index (χ0) is 11.9. The van der Waals surface area contributed by atoms with Gasteiger partial charge in [-0.15, -0.1) is 0 Å². The van der Waals surface area contributed by atoms with Crippen LogP contribution in [0.4, 0.5) is 0 Å². The Bertz CT molecular complexity index is 263. The molecular formula is C9H22N2O3S. The van der Waals surface area contributed by atoms with Crippen LogP contribution in [-0.2, 0) is 14.8 Å². The Hall–Kier alpha value is -0.170. The molecule has 0 heterocycles. The molecule has 0 aromatic rings. The first-order valence-electron chi connectivity index (χ1n) is 5.03. The highest BCUT2D eigenvalue weighted by molar-refractivity contribution is 7.89. The van der Waals surface area contributed by atoms with E-state index in [2.05, 4.69) is 4.72 Å². The smallest absolute Gasteiger partial charge is 0.212 e. The van der Waals surface area contributed by atoms with Crippen LogP contribution < -0.4 is 10.5 Å². The molecule has 15 heavy (non-hydrogen) atoms. The van der Waals surface area contributed by atoms with Gasteiger partial charge in [-0.3, -0.25) is 0 Å². The Balaban J connectivity index is 4.13. The van der Waals surface area contributed by atoms with Crippen LogP contribution in [0.2, 0.25) is 0 Å². The summed E-state index contributed by atoms with van der Waals surface area (Å²) in [7, 11) is -1.67. The van der Waals surface area contributed by atoms with E-state index >= 15 is 0 Å². The van der Waals surface area contributed by atoms with Gasteiger partial charge in [0, 0.05) is 19.3 Å². The van der Waals surface area contributed by atoms with Gasteiger partial charge in [0.05, 0.1) is 5.75 Å². The lowest BCUT2D eigenvalue weighted by atomic mass is 10.0. The molecule has 3 N–H and O–H groups in total. The quantitative estimate of drug-likeness (QED) is 0.586. The summed E-state index contributed by atoms with van der Waals surface area (Å²) in [5.74, 6) is 0.0921. The van der Waals surface area contributed by atoms with E-state index in [1.165, 1.54) is 0 Å². The molecule has 0 saturated heterocycles. The first kappa shape index (κ1) is 14.8. The monoisotopic (exact) mass is 238 g/mol. The molecule has 0 unspecified atom stereocenters. The van der Waals surface area contributed by atoms with E-state index in [1.54, 1.807) is 7.11 Å². The minimum atomic E-state index is -3.22. The number of hydrogen-bond donors (Lipinski definition) is 2. The van der Waals surface area contributed by atoms with Crippen LogP contribution in [0.25, 0.3) is 0 Å². The summed E-state index contributed by atoms with van der Waals surface area (Å²) in [6, 6.07) is 0. The van der Waals surface area contributed by atoms with Crippen LogP contribution in [0.5, 0.6) is 0 Å². The Morgan fingerprint density at radius 3 is 2.47 bits per heavy atom. The van der Waals surface area contributed by atoms with Crippen LogP contribution in [0.1, 0.15) is 26.7 Å². The van der Waals surface area contributed by atoms with Crippen LogP contribution in [-0.4, -0.2) is 40.0 Å². The molecule has 0 rings (SSSR count). The lowest BCUT2D eigenvalue weighted by molar-refractivity contribution is 0.199. The Morgan fingerprint density at radius 1 is 1.40 bits per heavy atom. The van der Waals surface area contributed by atoms with Gasteiger partial charge in [-0.2, -0.15) is 0 Å². The van der Waals surface area contributed by atoms with Gasteiger partial charge in [-0.25, -0.2) is 13.1 Å². The van der Waals surface area contributed by atoms with Gasteiger partial charge >= 0.3 is 0 Å². The molecule has 92 valence electrons. The largest absolute Gasteiger partial charge is 0.385 e. The third kappa shape index (κ3) is 7.72. The molecule has 0 aliphatic heterocycles. The minimum Gasteiger partial charge on any atom is -0.385 e. The number of nitrogens with two attached hydrogens (primary N) is 1. The molecule has 0 amide bonds. The SMILES string of the molecule is COCCCS(=O)(=O)NC(C)(C)CCN. The predicted octanol–water partition coefficient (Wildman–Crippen LogP) is 0.0697. The number of methoxy groups -OCH3 is 1. The molecule has 0 aliphatic carbocycles. The predicted molar refractivity (Wildman–Crippen MR) is 61.2 cm³/mol. The van der Waals surface area contributed by atoms with Gasteiger partial charge in [-0.1, -0.05) is 0 Å². The second-order valence-electron chi connectivity index (χ2n) is 4.19. The van der Waals surface area contributed by atoms with E-state index in [1.807, 2.05) is 13.8 Å². The van der Waals surface area contributed by atoms with Crippen LogP contribution in [0.15, 0.2) is 0 Å². The maximum Gasteiger partial charge on any atom is 0.212 e. The molecule has 0 saturated carbocycles. The summed E-state index contributed by atoms with van der Waals surface area (Å²) in [4.78, 5) is 0. The lowest BCUT2D eigenvalue weighted by Gasteiger charge is -2.25. The zero-order valence-electron chi connectivity index (χ0n) is 9.75. The third-order valence-electron chi connectivity index (χ3n) is 1.96. The first-order chi connectivity index (χ1) is 6.83. The van der Waals surface area contributed by atoms with Gasteiger partial charge < -0.3 is 10.5 Å². The van der Waals surface area contributed by atoms with E-state index in [0.29, 0.717) is 26.0 Å². The van der Waals surface area contributed by atoms with Crippen LogP contribution >= 0.6 is 0 Å². The topological polar surface area (TPSA) is 81.4 Å². The summed E-state index contributed by atoms with van der Waals surface area (Å²) in [6.07, 6.45) is 1.13. The van der Waals surface area contributed by atoms with Gasteiger partial charge in [0.25, 0.3) is 0 Å². The van der Waals surface area contributed by atoms with Crippen LogP contribution in [0.3, 0.4) is 0 Å². The summed E-state index contributed by atoms with van der Waals surface area (Å²) < 4.78 is 30.6. The maximum absolute atomic E-state index is 11.6. The molecule has 0 aromatic carbocycles. The third-order valence-corrected chi connectivity index (χ3v) is 3.65. The van der Waals surface area contributed by atoms with Crippen molar-refractivity contribution in [3.63, 3.8) is 0 Å². The second-order valence-corrected chi connectivity index (χ2v) is 6.03. The number of sulfonamides is 1. The van der Waals surface area contributed by atoms with Crippen molar-refractivity contribution in [2.75, 3.05) is 26.0 Å². The summed E-state index contributed by atoms with van der Waals surface area (Å²) in [6.45, 7) is 4.58. The number of nitrogens with one attached hydrogen (secondary N) is 1. The van der Waals surface area contributed by atoms with Crippen molar-refractivity contribution >= 4 is 10.0 Å². The highest BCUT2D eigenvalue weighted by Crippen LogP contribution is 2.09. The van der Waals surface area contributed by atoms with Gasteiger partial charge in [-0.05, 0) is 33.2 Å². The lowest BCUT2D eigenvalue weighted by Crippen LogP contribution is -2.45. The standard InChI is InChI=1S/C9H22N2O3S/c1-9(2,5-6-10)11-15(12,13)8-4-7-14-3/h11H,4-8,10H2,1-3H3. The first-order valence-corrected chi connectivity index (χ1v) is 6.69. The molecule has 0 fully saturated rings. The molecular weight excluding hydrogens is 216 g/mol. The average Bonchev–Trinajstić information content (AvgIpc) is 2.01. The van der Waals surface area contributed by atoms with Crippen molar-refractivity contribution < 1.29 is 13.2 Å². The molecule has 6 heteroatoms. The van der Waals surface area contributed by atoms with Crippen molar-refractivity contribution in [2.24, 2.45) is 5.73 Å². The number of ether oxygens (including phenoxy) is 1. The second kappa shape index (κ2) is 6.42. The molecule has 0 aromatic heterocycles. The van der Waals surface area contributed by atoms with Crippen molar-refractivity contribution in [1.82, 2.24) is 4.72 Å². The van der Waals surface area contributed by atoms with E-state index in [4.69, 9.17) is 10.5 Å². The molecule has 0 spiro atoms. The van der Waals surface area contributed by atoms with Crippen molar-refractivity contribution in [2.45, 2.75) is 32.2 Å². The van der Waals surface area contributed by atoms with E-state index < -0.39 is 15.6 Å². The van der Waals surface area contributed by atoms with Crippen LogP contribution in [0, 0.1) is 0 Å². The Morgan fingerprint density at radius 2 is 2.00 bits per heavy atom. The van der Waals surface area contributed by atoms with E-state index in [-0.39, 0.29) is 5.75 Å². The average molecular weight is 238 g/mol. The summed E-state index contributed by atoms with van der Waals surface area (Å²) in [5.41, 5.74) is 4.93. The molecule has 0 bridgehead atoms. The molecule has 0 radical (unpaired) electrons. The normalized spacial score (nSPS) is 13.1. The fraction of sp³-hybridized carbons (Fsp3) is 1.00. The minimum absolute atomic E-state index is 0.0921. The van der Waals surface area contributed by atoms with Crippen molar-refractivity contribution in [3.8, 4) is 0 Å². The summed E-state index contributed by atoms with van der Waals surface area (Å²) >= 11 is 0. The highest BCUT2D eigenvalue weighted by atomic mass is 32.2. The zero-order valence-corrected chi connectivity index (χ0v) is 10.6. The fourth-order valence-corrected chi connectivity index (χ4v) is 2.82. The highest BCUT2D eigenvalue weighted by Gasteiger charge is 2.23. The molecule has 0 aliphatic rings. The van der Waals surface area contributed by atoms with Gasteiger partial charge in [0.15, 0.2) is 0 Å². The van der Waals surface area contributed by atoms with Gasteiger partial charge in [0.1, 0.15) is 0 Å². The molecule has 5 nitrogen and oxygen atoms in total. The Kier molecular flexibility index (Phi) is 6.35. The summed E-state index contributed by atoms with van der Waals surface area (Å²) in [5, 5.41) is 0. The van der Waals surface area contributed by atoms with E-state index in [9.17, 15) is 8.42 Å². The van der Waals surface area contributed by atoms with Gasteiger partial charge in [0.2, 0.25) is 10.0 Å². The Labute approximate surface area is 92.4 Å². The maximum atomic E-state index is 11.6. The number of hydrogen-bond acceptors (Lipinski definition) is 4. The van der Waals surface area contributed by atoms with Crippen molar-refractivity contribution in [3.05, 3.63) is 0 Å². The number of rotatable bonds is 8. The van der Waals surface area contributed by atoms with E-state index in [0.717, 1.165) is 0 Å². The molecule has 0 atom stereocenters. The fourth-order valence-electron chi connectivity index (χ4n) is 1.28.